The molecule has 4 heterocycles. The number of pyridine rings is 4. The van der Waals surface area contributed by atoms with Crippen molar-refractivity contribution in [2.75, 3.05) is 0 Å². The second kappa shape index (κ2) is 16.6. The first-order valence-electron chi connectivity index (χ1n) is 10.4. The number of nitrogens with zero attached hydrogens (tertiary/aromatic N) is 4. The van der Waals surface area contributed by atoms with Gasteiger partial charge in [-0.25, -0.2) is 0 Å². The van der Waals surface area contributed by atoms with Gasteiger partial charge in [-0.05, 0) is 48.5 Å². The minimum Gasteiger partial charge on any atom is -0.266 e. The van der Waals surface area contributed by atoms with Gasteiger partial charge in [0, 0.05) is 41.9 Å². The zero-order valence-electron chi connectivity index (χ0n) is 19.0. The predicted octanol–water partition coefficient (Wildman–Crippen LogP) is 1.74. The summed E-state index contributed by atoms with van der Waals surface area (Å²) in [7, 11) is 0. The van der Waals surface area contributed by atoms with E-state index in [1.807, 2.05) is 0 Å². The van der Waals surface area contributed by atoms with Gasteiger partial charge >= 0.3 is 0 Å². The van der Waals surface area contributed by atoms with Crippen molar-refractivity contribution in [2.24, 2.45) is 0 Å². The van der Waals surface area contributed by atoms with Crippen LogP contribution in [0.1, 0.15) is 49.4 Å². The standard InChI is InChI=1S/2C12H10N4O2.CH4.Mn/c2*17-11(9-5-1-3-7-13-9)15-16-12(18)10-6-2-4-8-14-10;;/h2*1-8H,(H,15,17)(H,16,18);1H4;. The van der Waals surface area contributed by atoms with E-state index in [0.29, 0.717) is 0 Å². The number of rotatable bonds is 4. The van der Waals surface area contributed by atoms with Gasteiger partial charge in [-0.1, -0.05) is 31.7 Å². The van der Waals surface area contributed by atoms with E-state index < -0.39 is 23.6 Å². The van der Waals surface area contributed by atoms with Crippen LogP contribution in [0.5, 0.6) is 0 Å². The zero-order valence-corrected chi connectivity index (χ0v) is 20.2. The van der Waals surface area contributed by atoms with Crippen molar-refractivity contribution >= 4 is 23.6 Å². The van der Waals surface area contributed by atoms with Gasteiger partial charge in [0.25, 0.3) is 23.6 Å². The molecule has 195 valence electrons. The summed E-state index contributed by atoms with van der Waals surface area (Å²) in [6.07, 6.45) is 5.98. The second-order valence-corrected chi connectivity index (χ2v) is 6.68. The molecule has 4 rings (SSSR count). The van der Waals surface area contributed by atoms with Gasteiger partial charge in [0.1, 0.15) is 22.8 Å². The van der Waals surface area contributed by atoms with E-state index in [1.54, 1.807) is 72.8 Å². The van der Waals surface area contributed by atoms with Crippen molar-refractivity contribution in [2.45, 2.75) is 7.43 Å². The second-order valence-electron chi connectivity index (χ2n) is 6.68. The van der Waals surface area contributed by atoms with Gasteiger partial charge in [0.05, 0.1) is 0 Å². The molecule has 0 saturated carbocycles. The molecule has 4 amide bonds. The van der Waals surface area contributed by atoms with Crippen LogP contribution in [0, 0.1) is 0 Å². The fourth-order valence-corrected chi connectivity index (χ4v) is 2.47. The molecule has 4 aromatic heterocycles. The molecule has 12 nitrogen and oxygen atoms in total. The third-order valence-corrected chi connectivity index (χ3v) is 4.17. The Hall–Kier alpha value is -5.00. The summed E-state index contributed by atoms with van der Waals surface area (Å²) >= 11 is 0. The molecule has 0 spiro atoms. The number of hydrazine groups is 2. The molecular formula is C25H24MnN8O4. The van der Waals surface area contributed by atoms with Crippen molar-refractivity contribution in [1.29, 1.82) is 0 Å². The van der Waals surface area contributed by atoms with Gasteiger partial charge in [-0.15, -0.1) is 0 Å². The third kappa shape index (κ3) is 9.93. The fourth-order valence-electron chi connectivity index (χ4n) is 2.47. The Morgan fingerprint density at radius 1 is 0.421 bits per heavy atom. The summed E-state index contributed by atoms with van der Waals surface area (Å²) in [6.45, 7) is 0. The van der Waals surface area contributed by atoms with Crippen LogP contribution in [0.25, 0.3) is 0 Å². The van der Waals surface area contributed by atoms with E-state index in [-0.39, 0.29) is 47.3 Å². The SMILES string of the molecule is C.O=C(NNC(=O)c1ccccn1)c1ccccn1.O=C(NNC(=O)c1ccccn1)c1ccccn1.[Mn]. The molecule has 4 aromatic rings. The number of carbonyl (C=O) groups excluding carboxylic acids is 4. The van der Waals surface area contributed by atoms with E-state index in [1.165, 1.54) is 24.8 Å². The van der Waals surface area contributed by atoms with Gasteiger partial charge in [0.2, 0.25) is 0 Å². The summed E-state index contributed by atoms with van der Waals surface area (Å²) in [4.78, 5) is 61.7. The molecule has 0 saturated heterocycles. The van der Waals surface area contributed by atoms with Gasteiger partial charge in [-0.2, -0.15) is 0 Å². The molecule has 0 atom stereocenters. The Kier molecular flexibility index (Phi) is 13.6. The van der Waals surface area contributed by atoms with Crippen LogP contribution in [0.4, 0.5) is 0 Å². The summed E-state index contributed by atoms with van der Waals surface area (Å²) in [5, 5.41) is 0. The number of hydrogen-bond donors (Lipinski definition) is 4. The average Bonchev–Trinajstić information content (AvgIpc) is 2.96. The maximum Gasteiger partial charge on any atom is 0.288 e. The van der Waals surface area contributed by atoms with Gasteiger partial charge in [0.15, 0.2) is 0 Å². The largest absolute Gasteiger partial charge is 0.288 e. The van der Waals surface area contributed by atoms with Crippen molar-refractivity contribution < 1.29 is 36.2 Å². The molecule has 0 bridgehead atoms. The third-order valence-electron chi connectivity index (χ3n) is 4.17. The van der Waals surface area contributed by atoms with Crippen LogP contribution < -0.4 is 21.7 Å². The minimum atomic E-state index is -0.486. The van der Waals surface area contributed by atoms with Gasteiger partial charge in [-0.3, -0.25) is 60.8 Å². The molecule has 4 N–H and O–H groups in total. The Morgan fingerprint density at radius 3 is 0.789 bits per heavy atom. The Morgan fingerprint density at radius 2 is 0.632 bits per heavy atom. The van der Waals surface area contributed by atoms with Crippen molar-refractivity contribution in [1.82, 2.24) is 41.6 Å². The first kappa shape index (κ1) is 31.0. The molecule has 0 aromatic carbocycles. The molecule has 0 aliphatic heterocycles. The topological polar surface area (TPSA) is 168 Å². The maximum atomic E-state index is 11.6. The van der Waals surface area contributed by atoms with Crippen LogP contribution in [0.15, 0.2) is 97.6 Å². The number of carbonyl (C=O) groups is 4. The van der Waals surface area contributed by atoms with E-state index in [2.05, 4.69) is 41.6 Å². The average molecular weight is 555 g/mol. The zero-order chi connectivity index (χ0) is 25.6. The summed E-state index contributed by atoms with van der Waals surface area (Å²) in [5.74, 6) is -1.94. The monoisotopic (exact) mass is 555 g/mol. The number of nitrogens with one attached hydrogen (secondary N) is 4. The van der Waals surface area contributed by atoms with Gasteiger partial charge < -0.3 is 0 Å². The van der Waals surface area contributed by atoms with Crippen LogP contribution in [0.2, 0.25) is 0 Å². The number of hydrogen-bond acceptors (Lipinski definition) is 8. The molecule has 1 radical (unpaired) electrons. The van der Waals surface area contributed by atoms with Crippen molar-refractivity contribution in [3.8, 4) is 0 Å². The number of amides is 4. The quantitative estimate of drug-likeness (QED) is 0.218. The molecule has 13 heteroatoms. The van der Waals surface area contributed by atoms with Crippen LogP contribution in [-0.4, -0.2) is 43.6 Å². The first-order valence-corrected chi connectivity index (χ1v) is 10.4. The normalized spacial score (nSPS) is 9.05. The van der Waals surface area contributed by atoms with Crippen LogP contribution in [0.3, 0.4) is 0 Å². The van der Waals surface area contributed by atoms with E-state index >= 15 is 0 Å². The van der Waals surface area contributed by atoms with E-state index in [4.69, 9.17) is 0 Å². The number of aromatic nitrogens is 4. The molecule has 0 unspecified atom stereocenters. The van der Waals surface area contributed by atoms with Crippen molar-refractivity contribution in [3.63, 3.8) is 0 Å². The molecule has 38 heavy (non-hydrogen) atoms. The van der Waals surface area contributed by atoms with Crippen LogP contribution in [-0.2, 0) is 17.1 Å². The fraction of sp³-hybridized carbons (Fsp3) is 0.0400. The maximum absolute atomic E-state index is 11.6. The summed E-state index contributed by atoms with van der Waals surface area (Å²) in [6, 6.07) is 19.7. The van der Waals surface area contributed by atoms with E-state index in [9.17, 15) is 19.2 Å². The Labute approximate surface area is 229 Å². The summed E-state index contributed by atoms with van der Waals surface area (Å²) in [5.41, 5.74) is 9.91. The predicted molar refractivity (Wildman–Crippen MR) is 134 cm³/mol. The van der Waals surface area contributed by atoms with Crippen molar-refractivity contribution in [3.05, 3.63) is 120 Å². The molecule has 0 aliphatic carbocycles. The van der Waals surface area contributed by atoms with E-state index in [0.717, 1.165) is 0 Å². The smallest absolute Gasteiger partial charge is 0.266 e. The summed E-state index contributed by atoms with van der Waals surface area (Å²) < 4.78 is 0. The Balaban J connectivity index is 0.000000361. The molecule has 0 aliphatic rings. The first-order chi connectivity index (χ1) is 17.5. The molecule has 0 fully saturated rings. The Bertz CT molecular complexity index is 1090. The molecular weight excluding hydrogens is 531 g/mol. The minimum absolute atomic E-state index is 0. The van der Waals surface area contributed by atoms with Crippen LogP contribution >= 0.6 is 0 Å².